The summed E-state index contributed by atoms with van der Waals surface area (Å²) in [5.41, 5.74) is 2.81. The third-order valence-corrected chi connectivity index (χ3v) is 5.52. The van der Waals surface area contributed by atoms with E-state index in [4.69, 9.17) is 9.72 Å². The highest BCUT2D eigenvalue weighted by molar-refractivity contribution is 5.92. The van der Waals surface area contributed by atoms with Crippen molar-refractivity contribution in [3.05, 3.63) is 47.5 Å². The predicted octanol–water partition coefficient (Wildman–Crippen LogP) is 1.67. The van der Waals surface area contributed by atoms with Crippen LogP contribution in [-0.2, 0) is 18.3 Å². The molecule has 2 fully saturated rings. The van der Waals surface area contributed by atoms with Crippen molar-refractivity contribution in [3.8, 4) is 0 Å². The Hall–Kier alpha value is -2.25. The molecule has 27 heavy (non-hydrogen) atoms. The molecule has 2 aromatic heterocycles. The molecule has 2 aliphatic heterocycles. The molecule has 0 bridgehead atoms. The molecule has 2 aromatic rings. The minimum absolute atomic E-state index is 0.0164. The van der Waals surface area contributed by atoms with Crippen LogP contribution in [0.1, 0.15) is 40.6 Å². The number of rotatable bonds is 4. The summed E-state index contributed by atoms with van der Waals surface area (Å²) in [7, 11) is 1.99. The molecule has 7 heteroatoms. The van der Waals surface area contributed by atoms with Crippen LogP contribution >= 0.6 is 0 Å². The average molecular weight is 369 g/mol. The Morgan fingerprint density at radius 3 is 2.85 bits per heavy atom. The molecule has 7 nitrogen and oxygen atoms in total. The molecule has 2 aliphatic rings. The van der Waals surface area contributed by atoms with E-state index in [0.29, 0.717) is 37.9 Å². The van der Waals surface area contributed by atoms with Crippen molar-refractivity contribution in [2.24, 2.45) is 7.05 Å². The van der Waals surface area contributed by atoms with Gasteiger partial charge >= 0.3 is 0 Å². The molecule has 1 atom stereocenters. The van der Waals surface area contributed by atoms with Crippen LogP contribution in [0.5, 0.6) is 0 Å². The normalized spacial score (nSPS) is 21.4. The zero-order valence-corrected chi connectivity index (χ0v) is 15.9. The van der Waals surface area contributed by atoms with Gasteiger partial charge in [-0.3, -0.25) is 14.4 Å². The molecule has 0 aromatic carbocycles. The molecular formula is C20H27N5O2. The smallest absolute Gasteiger partial charge is 0.272 e. The van der Waals surface area contributed by atoms with E-state index in [0.717, 1.165) is 38.2 Å². The number of piperidine rings is 1. The lowest BCUT2D eigenvalue weighted by molar-refractivity contribution is 0.0298. The van der Waals surface area contributed by atoms with Gasteiger partial charge in [0, 0.05) is 51.0 Å². The van der Waals surface area contributed by atoms with E-state index in [1.54, 1.807) is 0 Å². The number of aromatic nitrogens is 3. The van der Waals surface area contributed by atoms with Crippen molar-refractivity contribution in [2.75, 3.05) is 39.4 Å². The summed E-state index contributed by atoms with van der Waals surface area (Å²) in [4.78, 5) is 21.8. The van der Waals surface area contributed by atoms with Crippen molar-refractivity contribution in [3.63, 3.8) is 0 Å². The van der Waals surface area contributed by atoms with Gasteiger partial charge in [0.15, 0.2) is 0 Å². The highest BCUT2D eigenvalue weighted by atomic mass is 16.5. The van der Waals surface area contributed by atoms with E-state index in [1.165, 1.54) is 5.69 Å². The number of carbonyl (C=O) groups excluding carboxylic acids is 1. The van der Waals surface area contributed by atoms with Crippen LogP contribution in [0.25, 0.3) is 0 Å². The van der Waals surface area contributed by atoms with Crippen LogP contribution in [0.3, 0.4) is 0 Å². The van der Waals surface area contributed by atoms with E-state index in [2.05, 4.69) is 22.1 Å². The molecule has 0 spiro atoms. The number of amides is 1. The second-order valence-corrected chi connectivity index (χ2v) is 7.37. The van der Waals surface area contributed by atoms with Crippen molar-refractivity contribution in [1.29, 1.82) is 0 Å². The molecule has 0 aliphatic carbocycles. The summed E-state index contributed by atoms with van der Waals surface area (Å²) in [5.74, 6) is 0.382. The third-order valence-electron chi connectivity index (χ3n) is 5.52. The van der Waals surface area contributed by atoms with Crippen LogP contribution in [0.2, 0.25) is 0 Å². The summed E-state index contributed by atoms with van der Waals surface area (Å²) < 4.78 is 7.28. The minimum atomic E-state index is 0.0164. The first kappa shape index (κ1) is 18.1. The standard InChI is InChI=1S/C20H27N5O2/c1-23-17(7-8-21-23)15-24-9-3-4-16(14-24)18-5-2-6-19(22-18)20(26)25-10-12-27-13-11-25/h2,5-8,16H,3-4,9-15H2,1H3/t16-/m0/s1. The van der Waals surface area contributed by atoms with Gasteiger partial charge in [0.1, 0.15) is 5.69 Å². The fraction of sp³-hybridized carbons (Fsp3) is 0.550. The van der Waals surface area contributed by atoms with Gasteiger partial charge in [0.2, 0.25) is 0 Å². The zero-order valence-electron chi connectivity index (χ0n) is 15.9. The maximum absolute atomic E-state index is 12.7. The molecule has 2 saturated heterocycles. The van der Waals surface area contributed by atoms with Crippen LogP contribution in [-0.4, -0.2) is 69.9 Å². The van der Waals surface area contributed by atoms with Gasteiger partial charge in [-0.2, -0.15) is 5.10 Å². The van der Waals surface area contributed by atoms with E-state index in [9.17, 15) is 4.79 Å². The lowest BCUT2D eigenvalue weighted by Crippen LogP contribution is -2.41. The molecule has 4 heterocycles. The summed E-state index contributed by atoms with van der Waals surface area (Å²) in [6.07, 6.45) is 4.11. The Balaban J connectivity index is 1.44. The van der Waals surface area contributed by atoms with E-state index >= 15 is 0 Å². The Kier molecular flexibility index (Phi) is 5.50. The average Bonchev–Trinajstić information content (AvgIpc) is 3.13. The summed E-state index contributed by atoms with van der Waals surface area (Å²) in [6.45, 7) is 5.47. The fourth-order valence-corrected chi connectivity index (χ4v) is 3.95. The lowest BCUT2D eigenvalue weighted by Gasteiger charge is -2.32. The maximum atomic E-state index is 12.7. The van der Waals surface area contributed by atoms with Crippen LogP contribution in [0.4, 0.5) is 0 Å². The van der Waals surface area contributed by atoms with Gasteiger partial charge < -0.3 is 9.64 Å². The highest BCUT2D eigenvalue weighted by Gasteiger charge is 2.25. The van der Waals surface area contributed by atoms with Crippen molar-refractivity contribution >= 4 is 5.91 Å². The third kappa shape index (κ3) is 4.20. The Morgan fingerprint density at radius 1 is 1.22 bits per heavy atom. The van der Waals surface area contributed by atoms with Gasteiger partial charge in [0.05, 0.1) is 18.9 Å². The van der Waals surface area contributed by atoms with Crippen molar-refractivity contribution < 1.29 is 9.53 Å². The fourth-order valence-electron chi connectivity index (χ4n) is 3.95. The number of morpholine rings is 1. The van der Waals surface area contributed by atoms with E-state index in [1.807, 2.05) is 35.0 Å². The van der Waals surface area contributed by atoms with Crippen LogP contribution < -0.4 is 0 Å². The quantitative estimate of drug-likeness (QED) is 0.820. The van der Waals surface area contributed by atoms with Gasteiger partial charge in [-0.25, -0.2) is 4.98 Å². The van der Waals surface area contributed by atoms with E-state index < -0.39 is 0 Å². The topological polar surface area (TPSA) is 63.5 Å². The Morgan fingerprint density at radius 2 is 2.07 bits per heavy atom. The number of carbonyl (C=O) groups is 1. The maximum Gasteiger partial charge on any atom is 0.272 e. The Bertz CT molecular complexity index is 784. The number of ether oxygens (including phenoxy) is 1. The minimum Gasteiger partial charge on any atom is -0.378 e. The first-order valence-corrected chi connectivity index (χ1v) is 9.74. The van der Waals surface area contributed by atoms with Gasteiger partial charge in [0.25, 0.3) is 5.91 Å². The number of hydrogen-bond acceptors (Lipinski definition) is 5. The number of pyridine rings is 1. The molecule has 0 N–H and O–H groups in total. The van der Waals surface area contributed by atoms with Gasteiger partial charge in [-0.15, -0.1) is 0 Å². The first-order chi connectivity index (χ1) is 13.2. The molecule has 0 radical (unpaired) electrons. The second kappa shape index (κ2) is 8.19. The van der Waals surface area contributed by atoms with Crippen molar-refractivity contribution in [1.82, 2.24) is 24.6 Å². The van der Waals surface area contributed by atoms with Crippen molar-refractivity contribution in [2.45, 2.75) is 25.3 Å². The molecule has 0 saturated carbocycles. The molecule has 1 amide bonds. The second-order valence-electron chi connectivity index (χ2n) is 7.37. The first-order valence-electron chi connectivity index (χ1n) is 9.74. The van der Waals surface area contributed by atoms with Crippen LogP contribution in [0.15, 0.2) is 30.5 Å². The number of hydrogen-bond donors (Lipinski definition) is 0. The summed E-state index contributed by atoms with van der Waals surface area (Å²) in [5, 5.41) is 4.26. The molecule has 144 valence electrons. The van der Waals surface area contributed by atoms with Gasteiger partial charge in [-0.05, 0) is 37.6 Å². The number of aryl methyl sites for hydroxylation is 1. The Labute approximate surface area is 159 Å². The molecule has 4 rings (SSSR count). The number of nitrogens with zero attached hydrogens (tertiary/aromatic N) is 5. The monoisotopic (exact) mass is 369 g/mol. The zero-order chi connectivity index (χ0) is 18.6. The molecule has 0 unspecified atom stereocenters. The summed E-state index contributed by atoms with van der Waals surface area (Å²) in [6, 6.07) is 7.94. The largest absolute Gasteiger partial charge is 0.378 e. The SMILES string of the molecule is Cn1nccc1CN1CCC[C@H](c2cccc(C(=O)N3CCOCC3)n2)C1. The van der Waals surface area contributed by atoms with E-state index in [-0.39, 0.29) is 5.91 Å². The van der Waals surface area contributed by atoms with Gasteiger partial charge in [-0.1, -0.05) is 6.07 Å². The lowest BCUT2D eigenvalue weighted by atomic mass is 9.94. The number of likely N-dealkylation sites (tertiary alicyclic amines) is 1. The summed E-state index contributed by atoms with van der Waals surface area (Å²) >= 11 is 0. The highest BCUT2D eigenvalue weighted by Crippen LogP contribution is 2.27. The predicted molar refractivity (Wildman–Crippen MR) is 101 cm³/mol. The molecular weight excluding hydrogens is 342 g/mol. The van der Waals surface area contributed by atoms with Crippen LogP contribution in [0, 0.1) is 0 Å².